The molecular weight excluding hydrogens is 222 g/mol. The average molecular weight is 229 g/mol. The van der Waals surface area contributed by atoms with Crippen LogP contribution >= 0.6 is 10.7 Å². The van der Waals surface area contributed by atoms with Crippen LogP contribution in [-0.2, 0) is 9.05 Å². The largest absolute Gasteiger partial charge is 0.242 e. The van der Waals surface area contributed by atoms with Gasteiger partial charge in [-0.3, -0.25) is 0 Å². The van der Waals surface area contributed by atoms with Crippen LogP contribution in [0.2, 0.25) is 0 Å². The first-order chi connectivity index (χ1) is 5.73. The summed E-state index contributed by atoms with van der Waals surface area (Å²) in [7, 11) is 0.812. The monoisotopic (exact) mass is 228 g/mol. The Balaban J connectivity index is 3.17. The molecule has 1 aliphatic rings. The maximum atomic E-state index is 13.4. The summed E-state index contributed by atoms with van der Waals surface area (Å²) in [6.45, 7) is 1.02. The molecule has 2 atom stereocenters. The van der Waals surface area contributed by atoms with Crippen LogP contribution in [0, 0.1) is 0 Å². The number of rotatable bonds is 1. The second-order valence-corrected chi connectivity index (χ2v) is 5.68. The molecule has 0 saturated heterocycles. The summed E-state index contributed by atoms with van der Waals surface area (Å²) < 4.78 is 47.7. The molecule has 13 heavy (non-hydrogen) atoms. The molecule has 0 aromatic carbocycles. The van der Waals surface area contributed by atoms with E-state index in [1.807, 2.05) is 0 Å². The molecule has 0 aliphatic heterocycles. The Bertz CT molecular complexity index is 370. The molecule has 0 saturated carbocycles. The topological polar surface area (TPSA) is 34.1 Å². The molecule has 0 spiro atoms. The molecule has 0 heterocycles. The summed E-state index contributed by atoms with van der Waals surface area (Å²) in [5, 5.41) is -1.66. The van der Waals surface area contributed by atoms with Crippen molar-refractivity contribution in [2.75, 3.05) is 0 Å². The van der Waals surface area contributed by atoms with Gasteiger partial charge in [0, 0.05) is 10.7 Å². The molecular formula is C7H7ClF2O2S. The highest BCUT2D eigenvalue weighted by atomic mass is 35.7. The van der Waals surface area contributed by atoms with Crippen molar-refractivity contribution in [2.45, 2.75) is 17.8 Å². The van der Waals surface area contributed by atoms with Crippen molar-refractivity contribution in [2.24, 2.45) is 0 Å². The van der Waals surface area contributed by atoms with Crippen LogP contribution in [0.15, 0.2) is 24.1 Å². The molecule has 2 unspecified atom stereocenters. The SMILES string of the molecule is CC1(F)C=CC(F)=CC1S(=O)(=O)Cl. The van der Waals surface area contributed by atoms with E-state index in [1.54, 1.807) is 0 Å². The zero-order valence-electron chi connectivity index (χ0n) is 6.67. The lowest BCUT2D eigenvalue weighted by Crippen LogP contribution is -2.37. The summed E-state index contributed by atoms with van der Waals surface area (Å²) >= 11 is 0. The first-order valence-electron chi connectivity index (χ1n) is 3.42. The predicted molar refractivity (Wildman–Crippen MR) is 46.4 cm³/mol. The van der Waals surface area contributed by atoms with E-state index >= 15 is 0 Å². The normalized spacial score (nSPS) is 34.5. The van der Waals surface area contributed by atoms with Crippen LogP contribution in [0.25, 0.3) is 0 Å². The first kappa shape index (κ1) is 10.7. The fourth-order valence-electron chi connectivity index (χ4n) is 1.06. The highest BCUT2D eigenvalue weighted by molar-refractivity contribution is 8.14. The Labute approximate surface area is 79.3 Å². The molecule has 2 nitrogen and oxygen atoms in total. The molecule has 0 fully saturated rings. The number of hydrogen-bond donors (Lipinski definition) is 0. The van der Waals surface area contributed by atoms with Crippen molar-refractivity contribution >= 4 is 19.7 Å². The van der Waals surface area contributed by atoms with Crippen LogP contribution < -0.4 is 0 Å². The van der Waals surface area contributed by atoms with Gasteiger partial charge in [-0.25, -0.2) is 17.2 Å². The van der Waals surface area contributed by atoms with E-state index in [-0.39, 0.29) is 0 Å². The Morgan fingerprint density at radius 1 is 1.62 bits per heavy atom. The Morgan fingerprint density at radius 2 is 2.15 bits per heavy atom. The number of alkyl halides is 1. The second kappa shape index (κ2) is 3.06. The van der Waals surface area contributed by atoms with Gasteiger partial charge in [-0.2, -0.15) is 0 Å². The minimum atomic E-state index is -4.14. The quantitative estimate of drug-likeness (QED) is 0.644. The van der Waals surface area contributed by atoms with Gasteiger partial charge in [-0.05, 0) is 25.2 Å². The Morgan fingerprint density at radius 3 is 2.54 bits per heavy atom. The highest BCUT2D eigenvalue weighted by Crippen LogP contribution is 2.32. The van der Waals surface area contributed by atoms with Gasteiger partial charge in [-0.15, -0.1) is 0 Å². The van der Waals surface area contributed by atoms with E-state index in [0.29, 0.717) is 6.08 Å². The lowest BCUT2D eigenvalue weighted by molar-refractivity contribution is 0.259. The smallest absolute Gasteiger partial charge is 0.238 e. The van der Waals surface area contributed by atoms with E-state index in [9.17, 15) is 17.2 Å². The van der Waals surface area contributed by atoms with Crippen LogP contribution in [0.3, 0.4) is 0 Å². The average Bonchev–Trinajstić information content (AvgIpc) is 1.92. The van der Waals surface area contributed by atoms with Crippen molar-refractivity contribution in [1.29, 1.82) is 0 Å². The lowest BCUT2D eigenvalue weighted by atomic mass is 9.99. The zero-order chi connectivity index (χ0) is 10.3. The van der Waals surface area contributed by atoms with E-state index in [4.69, 9.17) is 10.7 Å². The molecule has 0 radical (unpaired) electrons. The van der Waals surface area contributed by atoms with Crippen LogP contribution in [0.5, 0.6) is 0 Å². The van der Waals surface area contributed by atoms with E-state index < -0.39 is 25.8 Å². The maximum Gasteiger partial charge on any atom is 0.242 e. The maximum absolute atomic E-state index is 13.4. The van der Waals surface area contributed by atoms with Crippen molar-refractivity contribution < 1.29 is 17.2 Å². The lowest BCUT2D eigenvalue weighted by Gasteiger charge is -2.24. The van der Waals surface area contributed by atoms with Crippen LogP contribution in [0.1, 0.15) is 6.92 Å². The van der Waals surface area contributed by atoms with Crippen molar-refractivity contribution in [3.8, 4) is 0 Å². The molecule has 1 rings (SSSR count). The van der Waals surface area contributed by atoms with E-state index in [2.05, 4.69) is 0 Å². The third-order valence-corrected chi connectivity index (χ3v) is 3.52. The van der Waals surface area contributed by atoms with Crippen molar-refractivity contribution in [1.82, 2.24) is 0 Å². The van der Waals surface area contributed by atoms with Crippen LogP contribution in [0.4, 0.5) is 8.78 Å². The molecule has 0 aromatic rings. The number of halogens is 3. The highest BCUT2D eigenvalue weighted by Gasteiger charge is 2.41. The molecule has 74 valence electrons. The first-order valence-corrected chi connectivity index (χ1v) is 5.80. The van der Waals surface area contributed by atoms with Gasteiger partial charge in [-0.1, -0.05) is 0 Å². The minimum absolute atomic E-state index is 0.655. The Kier molecular flexibility index (Phi) is 2.51. The second-order valence-electron chi connectivity index (χ2n) is 2.93. The molecule has 1 aliphatic carbocycles. The van der Waals surface area contributed by atoms with Gasteiger partial charge < -0.3 is 0 Å². The molecule has 0 aromatic heterocycles. The van der Waals surface area contributed by atoms with E-state index in [0.717, 1.165) is 19.1 Å². The minimum Gasteiger partial charge on any atom is -0.238 e. The molecule has 0 N–H and O–H groups in total. The van der Waals surface area contributed by atoms with Gasteiger partial charge in [0.1, 0.15) is 16.7 Å². The van der Waals surface area contributed by atoms with Gasteiger partial charge in [0.05, 0.1) is 0 Å². The van der Waals surface area contributed by atoms with Gasteiger partial charge in [0.15, 0.2) is 0 Å². The zero-order valence-corrected chi connectivity index (χ0v) is 8.24. The van der Waals surface area contributed by atoms with Crippen molar-refractivity contribution in [3.63, 3.8) is 0 Å². The van der Waals surface area contributed by atoms with Crippen molar-refractivity contribution in [3.05, 3.63) is 24.1 Å². The van der Waals surface area contributed by atoms with Crippen LogP contribution in [-0.4, -0.2) is 19.3 Å². The van der Waals surface area contributed by atoms with Gasteiger partial charge >= 0.3 is 0 Å². The predicted octanol–water partition coefficient (Wildman–Crippen LogP) is 2.08. The fourth-order valence-corrected chi connectivity index (χ4v) is 2.66. The summed E-state index contributed by atoms with van der Waals surface area (Å²) in [5.74, 6) is -0.802. The Hall–Kier alpha value is -0.420. The molecule has 6 heteroatoms. The standard InChI is InChI=1S/C7H7ClF2O2S/c1-7(10)3-2-5(9)4-6(7)13(8,11)12/h2-4,6H,1H3. The summed E-state index contributed by atoms with van der Waals surface area (Å²) in [5.41, 5.74) is -2.16. The van der Waals surface area contributed by atoms with Gasteiger partial charge in [0.25, 0.3) is 0 Å². The summed E-state index contributed by atoms with van der Waals surface area (Å²) in [6, 6.07) is 0. The third-order valence-electron chi connectivity index (χ3n) is 1.74. The van der Waals surface area contributed by atoms with E-state index in [1.165, 1.54) is 0 Å². The fraction of sp³-hybridized carbons (Fsp3) is 0.429. The summed E-state index contributed by atoms with van der Waals surface area (Å²) in [4.78, 5) is 0. The molecule has 0 amide bonds. The third kappa shape index (κ3) is 2.28. The number of hydrogen-bond acceptors (Lipinski definition) is 2. The molecule has 0 bridgehead atoms. The van der Waals surface area contributed by atoms with Gasteiger partial charge in [0.2, 0.25) is 9.05 Å². The number of allylic oxidation sites excluding steroid dienone is 3. The summed E-state index contributed by atoms with van der Waals surface area (Å²) in [6.07, 6.45) is 2.37.